The first-order valence-corrected chi connectivity index (χ1v) is 7.44. The molecule has 1 unspecified atom stereocenters. The van der Waals surface area contributed by atoms with Crippen LogP contribution in [0.4, 0.5) is 0 Å². The fraction of sp³-hybridized carbons (Fsp3) is 0.250. The Kier molecular flexibility index (Phi) is 3.66. The molecule has 0 aliphatic carbocycles. The monoisotopic (exact) mass is 268 g/mol. The van der Waals surface area contributed by atoms with Crippen LogP contribution in [0.5, 0.6) is 5.75 Å². The second-order valence-corrected chi connectivity index (χ2v) is 6.40. The minimum Gasteiger partial charge on any atom is -0.497 e. The number of nitrogens with zero attached hydrogens (tertiary/aromatic N) is 1. The Labute approximate surface area is 106 Å². The summed E-state index contributed by atoms with van der Waals surface area (Å²) in [6.45, 7) is 1.60. The van der Waals surface area contributed by atoms with E-state index in [4.69, 9.17) is 13.8 Å². The molecule has 1 atom stereocenters. The van der Waals surface area contributed by atoms with Gasteiger partial charge in [-0.2, -0.15) is 0 Å². The van der Waals surface area contributed by atoms with Crippen LogP contribution < -0.4 is 10.2 Å². The van der Waals surface area contributed by atoms with Gasteiger partial charge in [-0.1, -0.05) is 5.16 Å². The Balaban J connectivity index is 2.29. The predicted octanol–water partition coefficient (Wildman–Crippen LogP) is 2.09. The maximum atomic E-state index is 9.97. The van der Waals surface area contributed by atoms with Crippen molar-refractivity contribution in [1.82, 2.24) is 5.16 Å². The maximum Gasteiger partial charge on any atom is 0.339 e. The van der Waals surface area contributed by atoms with E-state index in [0.717, 1.165) is 11.3 Å². The van der Waals surface area contributed by atoms with Crippen molar-refractivity contribution in [3.8, 4) is 17.0 Å². The van der Waals surface area contributed by atoms with Crippen LogP contribution in [0.15, 0.2) is 34.9 Å². The van der Waals surface area contributed by atoms with E-state index in [2.05, 4.69) is 5.16 Å². The van der Waals surface area contributed by atoms with Crippen LogP contribution in [-0.4, -0.2) is 30.9 Å². The first-order chi connectivity index (χ1) is 8.56. The van der Waals surface area contributed by atoms with E-state index in [-0.39, 0.29) is 0 Å². The molecule has 18 heavy (non-hydrogen) atoms. The van der Waals surface area contributed by atoms with Gasteiger partial charge >= 0.3 is 13.2 Å². The number of hydrogen-bond acceptors (Lipinski definition) is 5. The van der Waals surface area contributed by atoms with Gasteiger partial charge in [0.25, 0.3) is 0 Å². The third-order valence-corrected chi connectivity index (χ3v) is 4.39. The molecule has 0 bridgehead atoms. The molecular formula is C12H15NO4P+. The third-order valence-electron chi connectivity index (χ3n) is 2.65. The Bertz CT molecular complexity index is 521. The van der Waals surface area contributed by atoms with Crippen LogP contribution in [0.3, 0.4) is 0 Å². The lowest BCUT2D eigenvalue weighted by molar-refractivity contribution is 0.362. The summed E-state index contributed by atoms with van der Waals surface area (Å²) in [6, 6.07) is 9.13. The smallest absolute Gasteiger partial charge is 0.339 e. The van der Waals surface area contributed by atoms with Crippen LogP contribution in [0.25, 0.3) is 11.3 Å². The molecule has 0 aliphatic rings. The fourth-order valence-corrected chi connectivity index (χ4v) is 2.18. The number of aromatic nitrogens is 1. The zero-order chi connectivity index (χ0) is 13.2. The molecule has 0 saturated carbocycles. The lowest BCUT2D eigenvalue weighted by Gasteiger charge is -2.04. The van der Waals surface area contributed by atoms with E-state index in [0.29, 0.717) is 11.2 Å². The minimum absolute atomic E-state index is 0.371. The van der Waals surface area contributed by atoms with Crippen LogP contribution in [0.2, 0.25) is 0 Å². The summed E-state index contributed by atoms with van der Waals surface area (Å²) in [5, 5.41) is 3.93. The molecule has 5 nitrogen and oxygen atoms in total. The number of hydrogen-bond donors (Lipinski definition) is 1. The summed E-state index contributed by atoms with van der Waals surface area (Å²) in [4.78, 5) is 9.97. The maximum absolute atomic E-state index is 9.97. The Hall–Kier alpha value is -1.42. The van der Waals surface area contributed by atoms with E-state index in [1.54, 1.807) is 19.8 Å². The van der Waals surface area contributed by atoms with Crippen molar-refractivity contribution in [1.29, 1.82) is 0 Å². The zero-order valence-electron chi connectivity index (χ0n) is 10.5. The first kappa shape index (κ1) is 13.0. The molecule has 1 aromatic heterocycles. The average molecular weight is 268 g/mol. The van der Waals surface area contributed by atoms with Gasteiger partial charge in [0.05, 0.1) is 20.3 Å². The number of benzene rings is 1. The van der Waals surface area contributed by atoms with Crippen molar-refractivity contribution in [2.45, 2.75) is 0 Å². The van der Waals surface area contributed by atoms with E-state index < -0.39 is 7.72 Å². The quantitative estimate of drug-likeness (QED) is 0.860. The topological polar surface area (TPSA) is 64.7 Å². The van der Waals surface area contributed by atoms with Crippen molar-refractivity contribution in [2.24, 2.45) is 0 Å². The normalized spacial score (nSPS) is 14.2. The molecule has 0 radical (unpaired) electrons. The molecule has 0 amide bonds. The molecule has 0 fully saturated rings. The molecule has 1 aromatic carbocycles. The molecule has 2 rings (SSSR count). The highest BCUT2D eigenvalue weighted by Crippen LogP contribution is 2.49. The van der Waals surface area contributed by atoms with Gasteiger partial charge in [-0.3, -0.25) is 0 Å². The van der Waals surface area contributed by atoms with Gasteiger partial charge in [-0.25, -0.2) is 9.42 Å². The Morgan fingerprint density at radius 2 is 1.89 bits per heavy atom. The summed E-state index contributed by atoms with van der Waals surface area (Å²) >= 11 is 0. The molecular weight excluding hydrogens is 253 g/mol. The van der Waals surface area contributed by atoms with E-state index in [1.165, 1.54) is 7.11 Å². The summed E-state index contributed by atoms with van der Waals surface area (Å²) in [5.41, 5.74) is 1.92. The highest BCUT2D eigenvalue weighted by molar-refractivity contribution is 7.72. The molecule has 1 N–H and O–H groups in total. The number of rotatable bonds is 4. The number of ether oxygens (including phenoxy) is 1. The van der Waals surface area contributed by atoms with Crippen molar-refractivity contribution < 1.29 is 18.7 Å². The first-order valence-electron chi connectivity index (χ1n) is 5.33. The van der Waals surface area contributed by atoms with Gasteiger partial charge in [0, 0.05) is 5.56 Å². The molecule has 0 aliphatic heterocycles. The van der Waals surface area contributed by atoms with E-state index in [1.807, 2.05) is 24.3 Å². The van der Waals surface area contributed by atoms with Crippen molar-refractivity contribution in [3.63, 3.8) is 0 Å². The Morgan fingerprint density at radius 1 is 1.22 bits per heavy atom. The van der Waals surface area contributed by atoms with Crippen molar-refractivity contribution in [3.05, 3.63) is 30.3 Å². The standard InChI is InChI=1S/C12H15NO4P/c1-15-10-6-4-9(5-7-10)11-8-12(17-13-11)18(3,14)16-2/h4-8,14H,1-3H3/q+1. The lowest BCUT2D eigenvalue weighted by atomic mass is 10.1. The third kappa shape index (κ3) is 2.53. The number of methoxy groups -OCH3 is 1. The van der Waals surface area contributed by atoms with Gasteiger partial charge in [0.2, 0.25) is 0 Å². The summed E-state index contributed by atoms with van der Waals surface area (Å²) in [6.07, 6.45) is 0. The van der Waals surface area contributed by atoms with Crippen molar-refractivity contribution in [2.75, 3.05) is 20.9 Å². The van der Waals surface area contributed by atoms with E-state index >= 15 is 0 Å². The van der Waals surface area contributed by atoms with Gasteiger partial charge in [-0.05, 0) is 24.3 Å². The van der Waals surface area contributed by atoms with Gasteiger partial charge in [0.1, 0.15) is 18.1 Å². The zero-order valence-corrected chi connectivity index (χ0v) is 11.3. The molecule has 96 valence electrons. The Morgan fingerprint density at radius 3 is 2.44 bits per heavy atom. The SMILES string of the molecule is COc1ccc(-c2cc([P+](C)(O)OC)on2)cc1. The van der Waals surface area contributed by atoms with E-state index in [9.17, 15) is 4.89 Å². The highest BCUT2D eigenvalue weighted by Gasteiger charge is 2.38. The lowest BCUT2D eigenvalue weighted by Crippen LogP contribution is -2.08. The van der Waals surface area contributed by atoms with Gasteiger partial charge in [-0.15, -0.1) is 0 Å². The van der Waals surface area contributed by atoms with Crippen LogP contribution in [0, 0.1) is 0 Å². The predicted molar refractivity (Wildman–Crippen MR) is 70.2 cm³/mol. The molecule has 2 aromatic rings. The van der Waals surface area contributed by atoms with Crippen molar-refractivity contribution >= 4 is 13.2 Å². The highest BCUT2D eigenvalue weighted by atomic mass is 31.2. The van der Waals surface area contributed by atoms with Gasteiger partial charge in [0.15, 0.2) is 0 Å². The van der Waals surface area contributed by atoms with Gasteiger partial charge < -0.3 is 9.26 Å². The largest absolute Gasteiger partial charge is 0.497 e. The summed E-state index contributed by atoms with van der Waals surface area (Å²) < 4.78 is 15.2. The summed E-state index contributed by atoms with van der Waals surface area (Å²) in [7, 11) is 0.418. The van der Waals surface area contributed by atoms with Crippen LogP contribution in [0.1, 0.15) is 0 Å². The van der Waals surface area contributed by atoms with Crippen LogP contribution >= 0.6 is 7.72 Å². The van der Waals surface area contributed by atoms with Crippen LogP contribution in [-0.2, 0) is 4.52 Å². The second-order valence-electron chi connectivity index (χ2n) is 3.84. The fourth-order valence-electron chi connectivity index (χ4n) is 1.45. The molecule has 0 saturated heterocycles. The molecule has 1 heterocycles. The second kappa shape index (κ2) is 5.06. The molecule has 6 heteroatoms. The minimum atomic E-state index is -2.64. The average Bonchev–Trinajstić information content (AvgIpc) is 2.89. The summed E-state index contributed by atoms with van der Waals surface area (Å²) in [5.74, 6) is 0.777. The molecule has 0 spiro atoms.